The van der Waals surface area contributed by atoms with Gasteiger partial charge in [0.15, 0.2) is 5.78 Å². The van der Waals surface area contributed by atoms with E-state index in [0.717, 1.165) is 29.7 Å². The molecule has 2 rings (SSSR count). The van der Waals surface area contributed by atoms with E-state index in [0.29, 0.717) is 12.8 Å². The number of ketones is 1. The Bertz CT molecular complexity index is 802. The average molecular weight is 360 g/mol. The molecule has 0 N–H and O–H groups in total. The zero-order chi connectivity index (χ0) is 19.5. The Labute approximate surface area is 163 Å². The Kier molecular flexibility index (Phi) is 8.44. The normalized spacial score (nSPS) is 12.9. The topological polar surface area (TPSA) is 29.4 Å². The van der Waals surface area contributed by atoms with Gasteiger partial charge in [-0.1, -0.05) is 73.7 Å². The molecule has 2 aromatic rings. The zero-order valence-corrected chi connectivity index (χ0v) is 16.4. The van der Waals surface area contributed by atoms with Crippen molar-refractivity contribution in [3.05, 3.63) is 96.1 Å². The number of hydrogen-bond acceptors (Lipinski definition) is 2. The van der Waals surface area contributed by atoms with Crippen LogP contribution in [0.1, 0.15) is 53.6 Å². The number of carbonyl (C=O) groups is 1. The maximum Gasteiger partial charge on any atom is 0.163 e. The maximum atomic E-state index is 13.1. The molecule has 0 aliphatic carbocycles. The van der Waals surface area contributed by atoms with Crippen LogP contribution in [-0.4, -0.2) is 18.5 Å². The first-order chi connectivity index (χ1) is 13.2. The molecule has 0 fully saturated rings. The number of Topliss-reactive ketones (excluding diaryl/α,β-unsaturated/α-hetero) is 1. The van der Waals surface area contributed by atoms with Crippen LogP contribution in [0.2, 0.25) is 0 Å². The fourth-order valence-corrected chi connectivity index (χ4v) is 3.21. The summed E-state index contributed by atoms with van der Waals surface area (Å²) in [5, 5.41) is 0. The summed E-state index contributed by atoms with van der Waals surface area (Å²) >= 11 is 0. The summed E-state index contributed by atoms with van der Waals surface area (Å²) in [7, 11) is 1.80. The van der Waals surface area contributed by atoms with Crippen LogP contribution in [0.25, 0.3) is 0 Å². The molecule has 0 spiro atoms. The van der Waals surface area contributed by atoms with Crippen molar-refractivity contribution >= 4 is 11.5 Å². The third-order valence-corrected chi connectivity index (χ3v) is 4.68. The Morgan fingerprint density at radius 1 is 1.11 bits per heavy atom. The lowest BCUT2D eigenvalue weighted by atomic mass is 9.87. The van der Waals surface area contributed by atoms with Crippen LogP contribution < -0.4 is 0 Å². The van der Waals surface area contributed by atoms with Gasteiger partial charge in [-0.05, 0) is 36.0 Å². The predicted octanol–water partition coefficient (Wildman–Crippen LogP) is 6.20. The van der Waals surface area contributed by atoms with Gasteiger partial charge in [-0.15, -0.1) is 6.58 Å². The van der Waals surface area contributed by atoms with E-state index in [1.54, 1.807) is 7.05 Å². The van der Waals surface area contributed by atoms with Crippen LogP contribution in [0.3, 0.4) is 0 Å². The maximum absolute atomic E-state index is 13.1. The largest absolute Gasteiger partial charge is 0.294 e. The van der Waals surface area contributed by atoms with Crippen LogP contribution in [0.4, 0.5) is 0 Å². The number of benzene rings is 2. The first-order valence-corrected chi connectivity index (χ1v) is 9.58. The molecule has 27 heavy (non-hydrogen) atoms. The third-order valence-electron chi connectivity index (χ3n) is 4.68. The molecule has 0 radical (unpaired) electrons. The number of carbonyl (C=O) groups excluding carboxylic acids is 1. The van der Waals surface area contributed by atoms with Crippen LogP contribution in [0.15, 0.2) is 84.4 Å². The third kappa shape index (κ3) is 6.18. The minimum atomic E-state index is 0.156. The van der Waals surface area contributed by atoms with Gasteiger partial charge in [-0.3, -0.25) is 9.79 Å². The smallest absolute Gasteiger partial charge is 0.163 e. The van der Waals surface area contributed by atoms with Crippen LogP contribution in [0.5, 0.6) is 0 Å². The summed E-state index contributed by atoms with van der Waals surface area (Å²) in [6, 6.07) is 18.1. The van der Waals surface area contributed by atoms with Crippen molar-refractivity contribution in [3.8, 4) is 0 Å². The van der Waals surface area contributed by atoms with Crippen molar-refractivity contribution in [2.75, 3.05) is 7.05 Å². The molecule has 0 saturated carbocycles. The molecule has 0 aliphatic rings. The van der Waals surface area contributed by atoms with E-state index in [1.807, 2.05) is 54.6 Å². The van der Waals surface area contributed by atoms with Crippen LogP contribution >= 0.6 is 0 Å². The van der Waals surface area contributed by atoms with Crippen LogP contribution in [0, 0.1) is 0 Å². The fraction of sp³-hybridized carbons (Fsp3) is 0.280. The highest BCUT2D eigenvalue weighted by Crippen LogP contribution is 2.26. The standard InChI is InChI=1S/C25H29NO/c1-4-6-16-23(26-3)18-22-15-10-11-17-24(22)25(27)19-21(12-5-2)20-13-8-7-9-14-20/h5-11,13-17,21H,2,4,12,18-19H2,1,3H3/b16-6+,26-23?. The quantitative estimate of drug-likeness (QED) is 0.282. The van der Waals surface area contributed by atoms with Crippen molar-refractivity contribution in [1.29, 1.82) is 0 Å². The number of allylic oxidation sites excluding steroid dienone is 3. The van der Waals surface area contributed by atoms with Gasteiger partial charge in [0.1, 0.15) is 0 Å². The second-order valence-electron chi connectivity index (χ2n) is 6.62. The Balaban J connectivity index is 2.23. The molecule has 0 bridgehead atoms. The lowest BCUT2D eigenvalue weighted by Gasteiger charge is -2.16. The molecule has 1 unspecified atom stereocenters. The van der Waals surface area contributed by atoms with Crippen molar-refractivity contribution in [2.24, 2.45) is 4.99 Å². The van der Waals surface area contributed by atoms with Gasteiger partial charge in [0.2, 0.25) is 0 Å². The fourth-order valence-electron chi connectivity index (χ4n) is 3.21. The molecule has 2 nitrogen and oxygen atoms in total. The minimum absolute atomic E-state index is 0.156. The Morgan fingerprint density at radius 3 is 2.48 bits per heavy atom. The summed E-state index contributed by atoms with van der Waals surface area (Å²) in [5.41, 5.74) is 4.01. The highest BCUT2D eigenvalue weighted by Gasteiger charge is 2.18. The monoisotopic (exact) mass is 359 g/mol. The van der Waals surface area contributed by atoms with Crippen molar-refractivity contribution in [2.45, 2.75) is 38.5 Å². The van der Waals surface area contributed by atoms with Crippen molar-refractivity contribution in [1.82, 2.24) is 0 Å². The highest BCUT2D eigenvalue weighted by atomic mass is 16.1. The molecule has 2 aromatic carbocycles. The van der Waals surface area contributed by atoms with E-state index < -0.39 is 0 Å². The number of hydrogen-bond donors (Lipinski definition) is 0. The molecular weight excluding hydrogens is 330 g/mol. The summed E-state index contributed by atoms with van der Waals surface area (Å²) in [6.07, 6.45) is 8.96. The number of nitrogens with zero attached hydrogens (tertiary/aromatic N) is 1. The molecule has 2 heteroatoms. The first kappa shape index (κ1) is 20.6. The second-order valence-corrected chi connectivity index (χ2v) is 6.62. The summed E-state index contributed by atoms with van der Waals surface area (Å²) in [4.78, 5) is 17.5. The molecule has 0 aromatic heterocycles. The minimum Gasteiger partial charge on any atom is -0.294 e. The number of aliphatic imine (C=N–C) groups is 1. The average Bonchev–Trinajstić information content (AvgIpc) is 2.71. The summed E-state index contributed by atoms with van der Waals surface area (Å²) < 4.78 is 0. The van der Waals surface area contributed by atoms with E-state index >= 15 is 0 Å². The predicted molar refractivity (Wildman–Crippen MR) is 116 cm³/mol. The zero-order valence-electron chi connectivity index (χ0n) is 16.4. The van der Waals surface area contributed by atoms with Gasteiger partial charge in [0.25, 0.3) is 0 Å². The first-order valence-electron chi connectivity index (χ1n) is 9.58. The van der Waals surface area contributed by atoms with Gasteiger partial charge in [-0.25, -0.2) is 0 Å². The van der Waals surface area contributed by atoms with Gasteiger partial charge >= 0.3 is 0 Å². The molecule has 0 saturated heterocycles. The van der Waals surface area contributed by atoms with Gasteiger partial charge < -0.3 is 0 Å². The summed E-state index contributed by atoms with van der Waals surface area (Å²) in [5.74, 6) is 0.333. The Morgan fingerprint density at radius 2 is 1.81 bits per heavy atom. The van der Waals surface area contributed by atoms with Gasteiger partial charge in [0.05, 0.1) is 0 Å². The highest BCUT2D eigenvalue weighted by molar-refractivity contribution is 6.02. The second kappa shape index (κ2) is 11.1. The van der Waals surface area contributed by atoms with Crippen molar-refractivity contribution in [3.63, 3.8) is 0 Å². The van der Waals surface area contributed by atoms with E-state index in [4.69, 9.17) is 0 Å². The van der Waals surface area contributed by atoms with E-state index in [2.05, 4.69) is 36.7 Å². The van der Waals surface area contributed by atoms with E-state index in [1.165, 1.54) is 5.56 Å². The molecular formula is C25H29NO. The van der Waals surface area contributed by atoms with Gasteiger partial charge in [-0.2, -0.15) is 0 Å². The molecule has 0 heterocycles. The van der Waals surface area contributed by atoms with Gasteiger partial charge in [0, 0.05) is 31.2 Å². The lowest BCUT2D eigenvalue weighted by molar-refractivity contribution is 0.0973. The molecule has 140 valence electrons. The molecule has 1 atom stereocenters. The SMILES string of the molecule is C=CCC(CC(=O)c1ccccc1CC(/C=C/CC)=NC)c1ccccc1. The lowest BCUT2D eigenvalue weighted by Crippen LogP contribution is -2.11. The molecule has 0 amide bonds. The Hall–Kier alpha value is -2.74. The van der Waals surface area contributed by atoms with Crippen LogP contribution in [-0.2, 0) is 6.42 Å². The van der Waals surface area contributed by atoms with E-state index in [-0.39, 0.29) is 11.7 Å². The van der Waals surface area contributed by atoms with E-state index in [9.17, 15) is 4.79 Å². The molecule has 0 aliphatic heterocycles. The number of rotatable bonds is 10. The van der Waals surface area contributed by atoms with Crippen molar-refractivity contribution < 1.29 is 4.79 Å². The summed E-state index contributed by atoms with van der Waals surface area (Å²) in [6.45, 7) is 5.97.